The third kappa shape index (κ3) is 4.21. The molecule has 0 bridgehead atoms. The Bertz CT molecular complexity index is 913. The first kappa shape index (κ1) is 17.1. The van der Waals surface area contributed by atoms with Crippen LogP contribution in [0.25, 0.3) is 0 Å². The van der Waals surface area contributed by atoms with E-state index in [0.29, 0.717) is 22.6 Å². The molecule has 3 aromatic rings. The van der Waals surface area contributed by atoms with Crippen LogP contribution < -0.4 is 10.6 Å². The van der Waals surface area contributed by atoms with Crippen LogP contribution in [-0.4, -0.2) is 16.8 Å². The topological polar surface area (TPSA) is 71.1 Å². The Balaban J connectivity index is 1.82. The van der Waals surface area contributed by atoms with E-state index in [9.17, 15) is 9.59 Å². The van der Waals surface area contributed by atoms with Crippen LogP contribution in [-0.2, 0) is 0 Å². The van der Waals surface area contributed by atoms with Crippen molar-refractivity contribution < 1.29 is 9.59 Å². The minimum Gasteiger partial charge on any atom is -0.321 e. The van der Waals surface area contributed by atoms with E-state index in [0.717, 1.165) is 3.57 Å². The van der Waals surface area contributed by atoms with Crippen molar-refractivity contribution in [3.8, 4) is 0 Å². The summed E-state index contributed by atoms with van der Waals surface area (Å²) in [7, 11) is 0. The number of anilines is 2. The fraction of sp³-hybridized carbons (Fsp3) is 0. The second kappa shape index (κ2) is 7.89. The Morgan fingerprint density at radius 2 is 1.40 bits per heavy atom. The average molecular weight is 443 g/mol. The number of carbonyl (C=O) groups excluding carboxylic acids is 2. The second-order valence-corrected chi connectivity index (χ2v) is 6.31. The minimum absolute atomic E-state index is 0.261. The summed E-state index contributed by atoms with van der Waals surface area (Å²) in [6, 6.07) is 19.4. The monoisotopic (exact) mass is 443 g/mol. The van der Waals surface area contributed by atoms with Crippen LogP contribution in [0.5, 0.6) is 0 Å². The molecule has 0 aliphatic heterocycles. The van der Waals surface area contributed by atoms with E-state index < -0.39 is 0 Å². The van der Waals surface area contributed by atoms with E-state index >= 15 is 0 Å². The molecule has 2 N–H and O–H groups in total. The zero-order valence-electron chi connectivity index (χ0n) is 13.1. The zero-order chi connectivity index (χ0) is 17.6. The van der Waals surface area contributed by atoms with Gasteiger partial charge in [-0.2, -0.15) is 0 Å². The highest BCUT2D eigenvalue weighted by Crippen LogP contribution is 2.19. The highest BCUT2D eigenvalue weighted by Gasteiger charge is 2.15. The van der Waals surface area contributed by atoms with Gasteiger partial charge in [0.1, 0.15) is 5.82 Å². The fourth-order valence-electron chi connectivity index (χ4n) is 2.25. The van der Waals surface area contributed by atoms with E-state index in [1.165, 1.54) is 0 Å². The molecule has 0 aliphatic carbocycles. The van der Waals surface area contributed by atoms with E-state index in [-0.39, 0.29) is 11.8 Å². The molecule has 1 aromatic heterocycles. The molecule has 0 atom stereocenters. The van der Waals surface area contributed by atoms with Gasteiger partial charge in [-0.3, -0.25) is 9.59 Å². The molecular weight excluding hydrogens is 429 g/mol. The number of carbonyl (C=O) groups is 2. The van der Waals surface area contributed by atoms with Gasteiger partial charge < -0.3 is 10.6 Å². The normalized spacial score (nSPS) is 10.1. The lowest BCUT2D eigenvalue weighted by Gasteiger charge is -2.12. The molecule has 0 fully saturated rings. The lowest BCUT2D eigenvalue weighted by molar-refractivity contribution is 0.102. The maximum atomic E-state index is 12.5. The van der Waals surface area contributed by atoms with Crippen molar-refractivity contribution in [3.05, 3.63) is 87.6 Å². The summed E-state index contributed by atoms with van der Waals surface area (Å²) in [6.45, 7) is 0. The zero-order valence-corrected chi connectivity index (χ0v) is 15.2. The first-order chi connectivity index (χ1) is 12.1. The number of amides is 2. The van der Waals surface area contributed by atoms with Crippen molar-refractivity contribution >= 4 is 45.9 Å². The van der Waals surface area contributed by atoms with Crippen LogP contribution in [0.4, 0.5) is 11.5 Å². The molecule has 0 aliphatic rings. The van der Waals surface area contributed by atoms with Crippen molar-refractivity contribution in [1.29, 1.82) is 0 Å². The Morgan fingerprint density at radius 3 is 2.12 bits per heavy atom. The Kier molecular flexibility index (Phi) is 5.39. The van der Waals surface area contributed by atoms with Crippen LogP contribution in [0, 0.1) is 3.57 Å². The van der Waals surface area contributed by atoms with Crippen molar-refractivity contribution in [2.45, 2.75) is 0 Å². The van der Waals surface area contributed by atoms with E-state index in [4.69, 9.17) is 0 Å². The largest absolute Gasteiger partial charge is 0.321 e. The highest BCUT2D eigenvalue weighted by molar-refractivity contribution is 14.1. The number of aromatic nitrogens is 1. The molecule has 0 saturated carbocycles. The Labute approximate surface area is 158 Å². The summed E-state index contributed by atoms with van der Waals surface area (Å²) >= 11 is 2.11. The van der Waals surface area contributed by atoms with Gasteiger partial charge in [-0.1, -0.05) is 30.3 Å². The molecule has 6 heteroatoms. The predicted molar refractivity (Wildman–Crippen MR) is 106 cm³/mol. The van der Waals surface area contributed by atoms with Crippen LogP contribution >= 0.6 is 22.6 Å². The molecule has 1 heterocycles. The van der Waals surface area contributed by atoms with Crippen molar-refractivity contribution in [3.63, 3.8) is 0 Å². The summed E-state index contributed by atoms with van der Waals surface area (Å²) in [5, 5.41) is 5.53. The molecule has 25 heavy (non-hydrogen) atoms. The lowest BCUT2D eigenvalue weighted by Crippen LogP contribution is -2.19. The molecule has 0 unspecified atom stereocenters. The van der Waals surface area contributed by atoms with E-state index in [1.54, 1.807) is 60.8 Å². The molecule has 0 spiro atoms. The molecule has 5 nitrogen and oxygen atoms in total. The van der Waals surface area contributed by atoms with Crippen LogP contribution in [0.2, 0.25) is 0 Å². The van der Waals surface area contributed by atoms with Gasteiger partial charge in [0.15, 0.2) is 0 Å². The molecule has 3 rings (SSSR count). The van der Waals surface area contributed by atoms with Gasteiger partial charge in [0.25, 0.3) is 11.8 Å². The third-order valence-electron chi connectivity index (χ3n) is 3.44. The number of hydrogen-bond donors (Lipinski definition) is 2. The van der Waals surface area contributed by atoms with Gasteiger partial charge in [0.05, 0.1) is 16.8 Å². The summed E-state index contributed by atoms with van der Waals surface area (Å²) < 4.78 is 0.841. The van der Waals surface area contributed by atoms with Gasteiger partial charge in [-0.05, 0) is 59.0 Å². The molecule has 2 aromatic carbocycles. The highest BCUT2D eigenvalue weighted by atomic mass is 127. The molecular formula is C19H14IN3O2. The number of halogens is 1. The number of para-hydroxylation sites is 1. The number of pyridine rings is 1. The van der Waals surface area contributed by atoms with Crippen LogP contribution in [0.1, 0.15) is 20.7 Å². The van der Waals surface area contributed by atoms with Crippen LogP contribution in [0.15, 0.2) is 72.9 Å². The van der Waals surface area contributed by atoms with Gasteiger partial charge in [-0.25, -0.2) is 4.98 Å². The molecule has 0 radical (unpaired) electrons. The van der Waals surface area contributed by atoms with Gasteiger partial charge >= 0.3 is 0 Å². The smallest absolute Gasteiger partial charge is 0.258 e. The summed E-state index contributed by atoms with van der Waals surface area (Å²) in [5.41, 5.74) is 1.37. The van der Waals surface area contributed by atoms with Crippen molar-refractivity contribution in [2.75, 3.05) is 10.6 Å². The molecule has 124 valence electrons. The number of hydrogen-bond acceptors (Lipinski definition) is 3. The third-order valence-corrected chi connectivity index (χ3v) is 4.39. The Morgan fingerprint density at radius 1 is 0.760 bits per heavy atom. The quantitative estimate of drug-likeness (QED) is 0.595. The minimum atomic E-state index is -0.336. The van der Waals surface area contributed by atoms with Crippen molar-refractivity contribution in [2.24, 2.45) is 0 Å². The average Bonchev–Trinajstić information content (AvgIpc) is 2.63. The number of nitrogens with one attached hydrogen (secondary N) is 2. The standard InChI is InChI=1S/C19H14IN3O2/c20-15-9-3-1-7-13(15)18(24)22-16-10-4-2-8-14(16)19(25)23-17-11-5-6-12-21-17/h1-12H,(H,22,24)(H,21,23,25). The maximum Gasteiger partial charge on any atom is 0.258 e. The summed E-state index contributed by atoms with van der Waals surface area (Å²) in [5.74, 6) is -0.147. The number of rotatable bonds is 4. The first-order valence-corrected chi connectivity index (χ1v) is 8.60. The number of nitrogens with zero attached hydrogens (tertiary/aromatic N) is 1. The fourth-order valence-corrected chi connectivity index (χ4v) is 2.88. The van der Waals surface area contributed by atoms with Gasteiger partial charge in [0, 0.05) is 9.77 Å². The predicted octanol–water partition coefficient (Wildman–Crippen LogP) is 4.19. The lowest BCUT2D eigenvalue weighted by atomic mass is 10.1. The van der Waals surface area contributed by atoms with Gasteiger partial charge in [0.2, 0.25) is 0 Å². The van der Waals surface area contributed by atoms with E-state index in [2.05, 4.69) is 38.2 Å². The first-order valence-electron chi connectivity index (χ1n) is 7.52. The number of benzene rings is 2. The van der Waals surface area contributed by atoms with Crippen LogP contribution in [0.3, 0.4) is 0 Å². The second-order valence-electron chi connectivity index (χ2n) is 5.15. The Hall–Kier alpha value is -2.74. The SMILES string of the molecule is O=C(Nc1ccccc1C(=O)Nc1ccccn1)c1ccccc1I. The van der Waals surface area contributed by atoms with Crippen molar-refractivity contribution in [1.82, 2.24) is 4.98 Å². The molecule has 0 saturated heterocycles. The van der Waals surface area contributed by atoms with E-state index in [1.807, 2.05) is 12.1 Å². The molecule has 2 amide bonds. The summed E-state index contributed by atoms with van der Waals surface area (Å²) in [6.07, 6.45) is 1.60. The summed E-state index contributed by atoms with van der Waals surface area (Å²) in [4.78, 5) is 29.1. The van der Waals surface area contributed by atoms with Gasteiger partial charge in [-0.15, -0.1) is 0 Å². The maximum absolute atomic E-state index is 12.5.